The number of nitrogens with zero attached hydrogens (tertiary/aromatic N) is 4. The molecule has 31 heavy (non-hydrogen) atoms. The van der Waals surface area contributed by atoms with E-state index in [0.717, 1.165) is 64.9 Å². The fourth-order valence-corrected chi connectivity index (χ4v) is 3.58. The first-order chi connectivity index (χ1) is 14.6. The highest BCUT2D eigenvalue weighted by atomic mass is 127. The Morgan fingerprint density at radius 2 is 1.97 bits per heavy atom. The predicted molar refractivity (Wildman–Crippen MR) is 137 cm³/mol. The van der Waals surface area contributed by atoms with Gasteiger partial charge >= 0.3 is 0 Å². The first-order valence-corrected chi connectivity index (χ1v) is 10.9. The van der Waals surface area contributed by atoms with Crippen LogP contribution < -0.4 is 5.32 Å². The lowest BCUT2D eigenvalue weighted by molar-refractivity contribution is -0.127. The van der Waals surface area contributed by atoms with Crippen molar-refractivity contribution in [2.45, 2.75) is 6.42 Å². The molecule has 1 aromatic carbocycles. The van der Waals surface area contributed by atoms with Gasteiger partial charge in [0.25, 0.3) is 0 Å². The number of aliphatic imine (C=N–C) groups is 1. The van der Waals surface area contributed by atoms with E-state index in [2.05, 4.69) is 56.5 Å². The van der Waals surface area contributed by atoms with Crippen LogP contribution in [-0.4, -0.2) is 99.7 Å². The number of nitrogens with one attached hydrogen (secondary N) is 1. The van der Waals surface area contributed by atoms with Crippen molar-refractivity contribution in [1.29, 1.82) is 0 Å². The van der Waals surface area contributed by atoms with Crippen molar-refractivity contribution in [3.05, 3.63) is 42.0 Å². The number of rotatable bonds is 7. The minimum atomic E-state index is 0. The molecular formula is C23H36IN5O2. The zero-order valence-electron chi connectivity index (χ0n) is 18.7. The van der Waals surface area contributed by atoms with Crippen molar-refractivity contribution in [1.82, 2.24) is 20.0 Å². The average Bonchev–Trinajstić information content (AvgIpc) is 3.28. The Labute approximate surface area is 203 Å². The number of halogens is 1. The highest BCUT2D eigenvalue weighted by molar-refractivity contribution is 14.0. The third kappa shape index (κ3) is 8.78. The minimum Gasteiger partial charge on any atom is -0.381 e. The number of benzene rings is 1. The molecule has 2 aliphatic rings. The highest BCUT2D eigenvalue weighted by Gasteiger charge is 2.21. The molecular weight excluding hydrogens is 505 g/mol. The van der Waals surface area contributed by atoms with Crippen LogP contribution in [0.15, 0.2) is 41.4 Å². The fourth-order valence-electron chi connectivity index (χ4n) is 3.58. The molecule has 8 heteroatoms. The normalized spacial score (nSPS) is 20.0. The summed E-state index contributed by atoms with van der Waals surface area (Å²) in [7, 11) is 3.53. The summed E-state index contributed by atoms with van der Waals surface area (Å²) in [5, 5.41) is 3.50. The predicted octanol–water partition coefficient (Wildman–Crippen LogP) is 2.01. The van der Waals surface area contributed by atoms with Crippen LogP contribution >= 0.6 is 24.0 Å². The van der Waals surface area contributed by atoms with Gasteiger partial charge in [-0.1, -0.05) is 42.5 Å². The second kappa shape index (κ2) is 13.7. The lowest BCUT2D eigenvalue weighted by Gasteiger charge is -2.36. The van der Waals surface area contributed by atoms with Crippen molar-refractivity contribution in [2.75, 3.05) is 73.1 Å². The summed E-state index contributed by atoms with van der Waals surface area (Å²) in [6, 6.07) is 10.4. The Hall–Kier alpha value is -1.65. The number of likely N-dealkylation sites (N-methyl/N-ethyl adjacent to an activating group) is 1. The van der Waals surface area contributed by atoms with Crippen molar-refractivity contribution >= 4 is 41.9 Å². The van der Waals surface area contributed by atoms with Crippen LogP contribution in [0, 0.1) is 5.92 Å². The van der Waals surface area contributed by atoms with Gasteiger partial charge in [-0.25, -0.2) is 4.99 Å². The summed E-state index contributed by atoms with van der Waals surface area (Å²) >= 11 is 0. The van der Waals surface area contributed by atoms with E-state index in [1.54, 1.807) is 19.0 Å². The minimum absolute atomic E-state index is 0. The molecule has 0 aromatic heterocycles. The second-order valence-corrected chi connectivity index (χ2v) is 8.14. The van der Waals surface area contributed by atoms with Crippen LogP contribution in [0.2, 0.25) is 0 Å². The van der Waals surface area contributed by atoms with E-state index < -0.39 is 0 Å². The quantitative estimate of drug-likeness (QED) is 0.325. The maximum atomic E-state index is 12.0. The average molecular weight is 541 g/mol. The van der Waals surface area contributed by atoms with Crippen LogP contribution in [0.4, 0.5) is 0 Å². The Morgan fingerprint density at radius 1 is 1.23 bits per heavy atom. The number of carbonyl (C=O) groups is 1. The van der Waals surface area contributed by atoms with E-state index >= 15 is 0 Å². The zero-order chi connectivity index (χ0) is 21.2. The summed E-state index contributed by atoms with van der Waals surface area (Å²) in [6.07, 6.45) is 5.49. The van der Waals surface area contributed by atoms with Crippen LogP contribution in [0.5, 0.6) is 0 Å². The lowest BCUT2D eigenvalue weighted by atomic mass is 10.1. The number of guanidine groups is 1. The molecule has 0 radical (unpaired) electrons. The van der Waals surface area contributed by atoms with E-state index in [4.69, 9.17) is 4.74 Å². The maximum absolute atomic E-state index is 12.0. The van der Waals surface area contributed by atoms with E-state index in [1.165, 1.54) is 5.56 Å². The highest BCUT2D eigenvalue weighted by Crippen LogP contribution is 2.11. The standard InChI is InChI=1S/C23H35N5O2.HI/c1-26(2)22(29)18-25-23(24-17-21-10-16-30-19-21)28-14-12-27(13-15-28)11-6-9-20-7-4-3-5-8-20;/h3-9,21H,10-19H2,1-2H3,(H,24,25);1H/b9-6+;. The SMILES string of the molecule is CN(C)C(=O)CN=C(NCC1CCOC1)N1CCN(C/C=C/c2ccccc2)CC1.I. The molecule has 3 rings (SSSR count). The molecule has 2 fully saturated rings. The summed E-state index contributed by atoms with van der Waals surface area (Å²) in [6.45, 7) is 7.38. The molecule has 1 amide bonds. The molecule has 2 saturated heterocycles. The molecule has 7 nitrogen and oxygen atoms in total. The smallest absolute Gasteiger partial charge is 0.243 e. The van der Waals surface area contributed by atoms with Crippen LogP contribution in [-0.2, 0) is 9.53 Å². The van der Waals surface area contributed by atoms with Gasteiger partial charge < -0.3 is 19.9 Å². The van der Waals surface area contributed by atoms with E-state index in [0.29, 0.717) is 5.92 Å². The van der Waals surface area contributed by atoms with E-state index in [9.17, 15) is 4.79 Å². The zero-order valence-corrected chi connectivity index (χ0v) is 21.0. The van der Waals surface area contributed by atoms with Gasteiger partial charge in [0, 0.05) is 65.9 Å². The van der Waals surface area contributed by atoms with E-state index in [-0.39, 0.29) is 36.4 Å². The molecule has 2 heterocycles. The number of hydrogen-bond acceptors (Lipinski definition) is 4. The topological polar surface area (TPSA) is 60.4 Å². The number of piperazine rings is 1. The summed E-state index contributed by atoms with van der Waals surface area (Å²) in [4.78, 5) is 22.9. The fraction of sp³-hybridized carbons (Fsp3) is 0.565. The van der Waals surface area contributed by atoms with Gasteiger partial charge in [0.2, 0.25) is 5.91 Å². The van der Waals surface area contributed by atoms with Gasteiger partial charge in [-0.15, -0.1) is 24.0 Å². The monoisotopic (exact) mass is 541 g/mol. The molecule has 1 unspecified atom stereocenters. The molecule has 2 aliphatic heterocycles. The number of ether oxygens (including phenoxy) is 1. The Bertz CT molecular complexity index is 712. The molecule has 0 bridgehead atoms. The first kappa shape index (κ1) is 25.6. The van der Waals surface area contributed by atoms with Crippen molar-refractivity contribution in [3.8, 4) is 0 Å². The third-order valence-corrected chi connectivity index (χ3v) is 5.58. The van der Waals surface area contributed by atoms with Crippen molar-refractivity contribution < 1.29 is 9.53 Å². The van der Waals surface area contributed by atoms with Gasteiger partial charge in [-0.3, -0.25) is 9.69 Å². The summed E-state index contributed by atoms with van der Waals surface area (Å²) in [5.41, 5.74) is 1.23. The summed E-state index contributed by atoms with van der Waals surface area (Å²) in [5.74, 6) is 1.38. The maximum Gasteiger partial charge on any atom is 0.243 e. The van der Waals surface area contributed by atoms with Gasteiger partial charge in [0.1, 0.15) is 6.54 Å². The molecule has 1 aromatic rings. The Morgan fingerprint density at radius 3 is 2.61 bits per heavy atom. The Balaban J connectivity index is 0.00000341. The third-order valence-electron chi connectivity index (χ3n) is 5.58. The number of carbonyl (C=O) groups excluding carboxylic acids is 1. The van der Waals surface area contributed by atoms with Crippen LogP contribution in [0.1, 0.15) is 12.0 Å². The number of hydrogen-bond donors (Lipinski definition) is 1. The second-order valence-electron chi connectivity index (χ2n) is 8.14. The van der Waals surface area contributed by atoms with Crippen molar-refractivity contribution in [3.63, 3.8) is 0 Å². The molecule has 0 aliphatic carbocycles. The number of amides is 1. The summed E-state index contributed by atoms with van der Waals surface area (Å²) < 4.78 is 5.48. The molecule has 0 saturated carbocycles. The Kier molecular flexibility index (Phi) is 11.3. The van der Waals surface area contributed by atoms with Crippen LogP contribution in [0.25, 0.3) is 6.08 Å². The van der Waals surface area contributed by atoms with Gasteiger partial charge in [0.15, 0.2) is 5.96 Å². The molecule has 172 valence electrons. The van der Waals surface area contributed by atoms with Gasteiger partial charge in [-0.2, -0.15) is 0 Å². The van der Waals surface area contributed by atoms with Crippen LogP contribution in [0.3, 0.4) is 0 Å². The lowest BCUT2D eigenvalue weighted by Crippen LogP contribution is -2.53. The van der Waals surface area contributed by atoms with Gasteiger partial charge in [0.05, 0.1) is 6.61 Å². The molecule has 1 N–H and O–H groups in total. The van der Waals surface area contributed by atoms with Gasteiger partial charge in [-0.05, 0) is 12.0 Å². The largest absolute Gasteiger partial charge is 0.381 e. The van der Waals surface area contributed by atoms with Crippen molar-refractivity contribution in [2.24, 2.45) is 10.9 Å². The molecule has 0 spiro atoms. The first-order valence-electron chi connectivity index (χ1n) is 10.9. The van der Waals surface area contributed by atoms with E-state index in [1.807, 2.05) is 6.07 Å². The molecule has 1 atom stereocenters.